The topological polar surface area (TPSA) is 64.4 Å². The molecule has 0 fully saturated rings. The molecule has 1 amide bonds. The van der Waals surface area contributed by atoms with E-state index >= 15 is 0 Å². The quantitative estimate of drug-likeness (QED) is 0.777. The number of hydrogen-bond acceptors (Lipinski definition) is 4. The molecule has 2 heterocycles. The Hall–Kier alpha value is -3.15. The molecule has 2 aromatic carbocycles. The summed E-state index contributed by atoms with van der Waals surface area (Å²) < 4.78 is 24.7. The van der Waals surface area contributed by atoms with E-state index in [9.17, 15) is 9.18 Å². The zero-order valence-corrected chi connectivity index (χ0v) is 14.2. The highest BCUT2D eigenvalue weighted by Crippen LogP contribution is 2.33. The number of amides is 1. The number of carbonyl (C=O) groups is 1. The van der Waals surface area contributed by atoms with Crippen LogP contribution in [0.15, 0.2) is 53.1 Å². The van der Waals surface area contributed by atoms with Crippen molar-refractivity contribution in [1.29, 1.82) is 0 Å². The summed E-state index contributed by atoms with van der Waals surface area (Å²) in [7, 11) is 0. The number of hydrogen-bond donors (Lipinski definition) is 1. The van der Waals surface area contributed by atoms with E-state index in [0.29, 0.717) is 11.5 Å². The summed E-state index contributed by atoms with van der Waals surface area (Å²) in [6.07, 6.45) is 1.04. The van der Waals surface area contributed by atoms with Crippen molar-refractivity contribution in [3.63, 3.8) is 0 Å². The molecule has 3 aromatic rings. The van der Waals surface area contributed by atoms with Crippen LogP contribution >= 0.6 is 0 Å². The lowest BCUT2D eigenvalue weighted by Crippen LogP contribution is -2.23. The predicted molar refractivity (Wildman–Crippen MR) is 93.3 cm³/mol. The van der Waals surface area contributed by atoms with Crippen LogP contribution in [0.25, 0.3) is 11.3 Å². The van der Waals surface area contributed by atoms with Gasteiger partial charge in [-0.2, -0.15) is 0 Å². The number of benzene rings is 2. The van der Waals surface area contributed by atoms with E-state index < -0.39 is 11.7 Å². The average molecular weight is 352 g/mol. The van der Waals surface area contributed by atoms with E-state index in [1.165, 1.54) is 12.1 Å². The smallest absolute Gasteiger partial charge is 0.254 e. The highest BCUT2D eigenvalue weighted by molar-refractivity contribution is 5.94. The fraction of sp³-hybridized carbons (Fsp3) is 0.200. The Morgan fingerprint density at radius 2 is 2.12 bits per heavy atom. The van der Waals surface area contributed by atoms with Gasteiger partial charge in [0, 0.05) is 18.1 Å². The highest BCUT2D eigenvalue weighted by atomic mass is 19.1. The Labute approximate surface area is 149 Å². The van der Waals surface area contributed by atoms with Gasteiger partial charge in [-0.15, -0.1) is 0 Å². The van der Waals surface area contributed by atoms with Gasteiger partial charge in [-0.3, -0.25) is 4.79 Å². The van der Waals surface area contributed by atoms with Gasteiger partial charge in [-0.05, 0) is 42.8 Å². The first-order valence-corrected chi connectivity index (χ1v) is 8.38. The molecule has 4 rings (SSSR count). The average Bonchev–Trinajstić information content (AvgIpc) is 3.24. The second-order valence-electron chi connectivity index (χ2n) is 6.30. The molecule has 6 heteroatoms. The van der Waals surface area contributed by atoms with Crippen molar-refractivity contribution in [2.24, 2.45) is 0 Å². The SMILES string of the molecule is CC1Cc2cc(-c3cc(CNC(=O)c4ccccc4F)no3)ccc2O1. The van der Waals surface area contributed by atoms with Crippen molar-refractivity contribution >= 4 is 5.91 Å². The predicted octanol–water partition coefficient (Wildman–Crippen LogP) is 3.73. The minimum atomic E-state index is -0.555. The second-order valence-corrected chi connectivity index (χ2v) is 6.30. The molecule has 132 valence electrons. The first-order chi connectivity index (χ1) is 12.6. The summed E-state index contributed by atoms with van der Waals surface area (Å²) in [5.41, 5.74) is 2.61. The van der Waals surface area contributed by atoms with E-state index in [0.717, 1.165) is 23.3 Å². The minimum Gasteiger partial charge on any atom is -0.490 e. The summed E-state index contributed by atoms with van der Waals surface area (Å²) in [6, 6.07) is 13.5. The summed E-state index contributed by atoms with van der Waals surface area (Å²) in [5, 5.41) is 6.62. The van der Waals surface area contributed by atoms with E-state index in [4.69, 9.17) is 9.26 Å². The third-order valence-corrected chi connectivity index (χ3v) is 4.29. The van der Waals surface area contributed by atoms with Gasteiger partial charge in [0.2, 0.25) is 0 Å². The largest absolute Gasteiger partial charge is 0.490 e. The van der Waals surface area contributed by atoms with E-state index in [2.05, 4.69) is 10.5 Å². The van der Waals surface area contributed by atoms with Crippen molar-refractivity contribution in [2.75, 3.05) is 0 Å². The molecule has 1 N–H and O–H groups in total. The van der Waals surface area contributed by atoms with Crippen LogP contribution in [0.2, 0.25) is 0 Å². The molecule has 0 spiro atoms. The molecule has 26 heavy (non-hydrogen) atoms. The van der Waals surface area contributed by atoms with Gasteiger partial charge >= 0.3 is 0 Å². The van der Waals surface area contributed by atoms with E-state index in [1.807, 2.05) is 25.1 Å². The molecule has 1 atom stereocenters. The third-order valence-electron chi connectivity index (χ3n) is 4.29. The lowest BCUT2D eigenvalue weighted by molar-refractivity contribution is 0.0946. The van der Waals surface area contributed by atoms with Crippen molar-refractivity contribution < 1.29 is 18.4 Å². The monoisotopic (exact) mass is 352 g/mol. The summed E-state index contributed by atoms with van der Waals surface area (Å²) in [4.78, 5) is 12.1. The number of rotatable bonds is 4. The van der Waals surface area contributed by atoms with Crippen LogP contribution in [0.1, 0.15) is 28.5 Å². The van der Waals surface area contributed by atoms with Gasteiger partial charge in [-0.1, -0.05) is 17.3 Å². The minimum absolute atomic E-state index is 0.00367. The van der Waals surface area contributed by atoms with Crippen LogP contribution < -0.4 is 10.1 Å². The Bertz CT molecular complexity index is 967. The lowest BCUT2D eigenvalue weighted by atomic mass is 10.1. The highest BCUT2D eigenvalue weighted by Gasteiger charge is 2.20. The number of nitrogens with one attached hydrogen (secondary N) is 1. The van der Waals surface area contributed by atoms with E-state index in [1.54, 1.807) is 18.2 Å². The Morgan fingerprint density at radius 3 is 2.96 bits per heavy atom. The number of aromatic nitrogens is 1. The van der Waals surface area contributed by atoms with Crippen molar-refractivity contribution in [3.05, 3.63) is 71.2 Å². The number of halogens is 1. The molecule has 1 aliphatic heterocycles. The van der Waals surface area contributed by atoms with Crippen molar-refractivity contribution in [3.8, 4) is 17.1 Å². The van der Waals surface area contributed by atoms with Crippen LogP contribution in [0.5, 0.6) is 5.75 Å². The van der Waals surface area contributed by atoms with Crippen LogP contribution in [-0.2, 0) is 13.0 Å². The molecule has 1 aliphatic rings. The molecule has 0 aliphatic carbocycles. The van der Waals surface area contributed by atoms with Crippen LogP contribution in [0.3, 0.4) is 0 Å². The fourth-order valence-electron chi connectivity index (χ4n) is 3.02. The van der Waals surface area contributed by atoms with Crippen molar-refractivity contribution in [2.45, 2.75) is 26.0 Å². The summed E-state index contributed by atoms with van der Waals surface area (Å²) >= 11 is 0. The molecule has 0 saturated heterocycles. The van der Waals surface area contributed by atoms with Gasteiger partial charge in [0.1, 0.15) is 23.4 Å². The molecule has 0 bridgehead atoms. The van der Waals surface area contributed by atoms with Gasteiger partial charge in [-0.25, -0.2) is 4.39 Å². The normalized spacial score (nSPS) is 15.4. The molecular weight excluding hydrogens is 335 g/mol. The maximum Gasteiger partial charge on any atom is 0.254 e. The Morgan fingerprint density at radius 1 is 1.27 bits per heavy atom. The maximum absolute atomic E-state index is 13.6. The summed E-state index contributed by atoms with van der Waals surface area (Å²) in [5.74, 6) is 0.470. The first kappa shape index (κ1) is 16.3. The zero-order valence-electron chi connectivity index (χ0n) is 14.2. The second kappa shape index (κ2) is 6.63. The van der Waals surface area contributed by atoms with Gasteiger partial charge in [0.15, 0.2) is 5.76 Å². The third kappa shape index (κ3) is 3.18. The van der Waals surface area contributed by atoms with Gasteiger partial charge in [0.25, 0.3) is 5.91 Å². The Balaban J connectivity index is 1.45. The fourth-order valence-corrected chi connectivity index (χ4v) is 3.02. The number of ether oxygens (including phenoxy) is 1. The van der Waals surface area contributed by atoms with Crippen LogP contribution in [-0.4, -0.2) is 17.2 Å². The molecule has 0 radical (unpaired) electrons. The Kier molecular flexibility index (Phi) is 4.16. The van der Waals surface area contributed by atoms with Crippen LogP contribution in [0.4, 0.5) is 4.39 Å². The first-order valence-electron chi connectivity index (χ1n) is 8.38. The number of carbonyl (C=O) groups excluding carboxylic acids is 1. The van der Waals surface area contributed by atoms with E-state index in [-0.39, 0.29) is 18.2 Å². The molecule has 1 aromatic heterocycles. The zero-order chi connectivity index (χ0) is 18.1. The molecule has 0 saturated carbocycles. The standard InChI is InChI=1S/C20H17FN2O3/c1-12-8-14-9-13(6-7-18(14)25-12)19-10-15(23-26-19)11-22-20(24)16-4-2-3-5-17(16)21/h2-7,9-10,12H,8,11H2,1H3,(H,22,24). The van der Waals surface area contributed by atoms with Crippen molar-refractivity contribution in [1.82, 2.24) is 10.5 Å². The molecular formula is C20H17FN2O3. The van der Waals surface area contributed by atoms with Crippen LogP contribution in [0, 0.1) is 5.82 Å². The number of nitrogens with zero attached hydrogens (tertiary/aromatic N) is 1. The molecule has 5 nitrogen and oxygen atoms in total. The maximum atomic E-state index is 13.6. The molecule has 1 unspecified atom stereocenters. The summed E-state index contributed by atoms with van der Waals surface area (Å²) in [6.45, 7) is 2.19. The lowest BCUT2D eigenvalue weighted by Gasteiger charge is -2.03. The van der Waals surface area contributed by atoms with Gasteiger partial charge in [0.05, 0.1) is 12.1 Å². The number of fused-ring (bicyclic) bond motifs is 1. The van der Waals surface area contributed by atoms with Gasteiger partial charge < -0.3 is 14.6 Å².